The van der Waals surface area contributed by atoms with Crippen molar-refractivity contribution >= 4 is 17.4 Å². The van der Waals surface area contributed by atoms with Crippen LogP contribution < -0.4 is 21.1 Å². The fraction of sp³-hybridized carbons (Fsp3) is 0.188. The lowest BCUT2D eigenvalue weighted by Gasteiger charge is -2.08. The van der Waals surface area contributed by atoms with E-state index in [2.05, 4.69) is 15.7 Å². The number of urea groups is 1. The second-order valence-electron chi connectivity index (χ2n) is 5.04. The van der Waals surface area contributed by atoms with Crippen LogP contribution >= 0.6 is 0 Å². The van der Waals surface area contributed by atoms with Gasteiger partial charge in [0.15, 0.2) is 5.65 Å². The van der Waals surface area contributed by atoms with Gasteiger partial charge in [-0.2, -0.15) is 0 Å². The van der Waals surface area contributed by atoms with Crippen molar-refractivity contribution in [2.75, 3.05) is 19.0 Å². The predicted octanol–water partition coefficient (Wildman–Crippen LogP) is 1.33. The Kier molecular flexibility index (Phi) is 4.46. The van der Waals surface area contributed by atoms with Crippen LogP contribution in [0.5, 0.6) is 5.75 Å². The first-order valence-electron chi connectivity index (χ1n) is 7.40. The first kappa shape index (κ1) is 15.6. The van der Waals surface area contributed by atoms with Crippen molar-refractivity contribution in [3.8, 4) is 5.75 Å². The Labute approximate surface area is 137 Å². The van der Waals surface area contributed by atoms with Gasteiger partial charge < -0.3 is 15.4 Å². The van der Waals surface area contributed by atoms with Crippen molar-refractivity contribution in [2.45, 2.75) is 6.54 Å². The number of aromatic nitrogens is 3. The monoisotopic (exact) mass is 327 g/mol. The number of carbonyl (C=O) groups is 1. The fourth-order valence-electron chi connectivity index (χ4n) is 2.24. The van der Waals surface area contributed by atoms with Crippen molar-refractivity contribution in [1.82, 2.24) is 19.5 Å². The number of ether oxygens (including phenoxy) is 1. The largest absolute Gasteiger partial charge is 0.497 e. The maximum atomic E-state index is 12.1. The van der Waals surface area contributed by atoms with Gasteiger partial charge in [0.1, 0.15) is 5.75 Å². The Morgan fingerprint density at radius 2 is 2.00 bits per heavy atom. The summed E-state index contributed by atoms with van der Waals surface area (Å²) >= 11 is 0. The molecule has 2 amide bonds. The zero-order valence-electron chi connectivity index (χ0n) is 13.1. The number of fused-ring (bicyclic) bond motifs is 1. The minimum absolute atomic E-state index is 0.233. The summed E-state index contributed by atoms with van der Waals surface area (Å²) in [5, 5.41) is 9.59. The van der Waals surface area contributed by atoms with Crippen LogP contribution in [0.15, 0.2) is 53.5 Å². The third-order valence-corrected chi connectivity index (χ3v) is 3.45. The minimum Gasteiger partial charge on any atom is -0.497 e. The van der Waals surface area contributed by atoms with E-state index in [1.54, 1.807) is 49.7 Å². The average Bonchev–Trinajstić information content (AvgIpc) is 2.92. The quantitative estimate of drug-likeness (QED) is 0.740. The Bertz CT molecular complexity index is 898. The summed E-state index contributed by atoms with van der Waals surface area (Å²) in [7, 11) is 1.58. The fourth-order valence-corrected chi connectivity index (χ4v) is 2.24. The van der Waals surface area contributed by atoms with Gasteiger partial charge in [0.25, 0.3) is 0 Å². The predicted molar refractivity (Wildman–Crippen MR) is 89.5 cm³/mol. The van der Waals surface area contributed by atoms with Gasteiger partial charge >= 0.3 is 11.7 Å². The van der Waals surface area contributed by atoms with E-state index in [0.717, 1.165) is 0 Å². The highest BCUT2D eigenvalue weighted by Crippen LogP contribution is 2.14. The number of methoxy groups -OCH3 is 1. The molecule has 0 bridgehead atoms. The molecule has 0 radical (unpaired) electrons. The van der Waals surface area contributed by atoms with Crippen molar-refractivity contribution in [3.05, 3.63) is 59.1 Å². The molecule has 3 aromatic rings. The van der Waals surface area contributed by atoms with Crippen LogP contribution in [-0.4, -0.2) is 33.9 Å². The molecule has 2 N–H and O–H groups in total. The highest BCUT2D eigenvalue weighted by atomic mass is 16.5. The molecule has 0 unspecified atom stereocenters. The smallest absolute Gasteiger partial charge is 0.350 e. The zero-order chi connectivity index (χ0) is 16.9. The summed E-state index contributed by atoms with van der Waals surface area (Å²) in [6.07, 6.45) is 1.66. The van der Waals surface area contributed by atoms with E-state index in [-0.39, 0.29) is 24.8 Å². The van der Waals surface area contributed by atoms with Crippen molar-refractivity contribution in [1.29, 1.82) is 0 Å². The number of hydrogen-bond donors (Lipinski definition) is 2. The van der Waals surface area contributed by atoms with Gasteiger partial charge in [0.2, 0.25) is 0 Å². The van der Waals surface area contributed by atoms with Crippen molar-refractivity contribution < 1.29 is 9.53 Å². The van der Waals surface area contributed by atoms with E-state index in [0.29, 0.717) is 17.1 Å². The first-order valence-corrected chi connectivity index (χ1v) is 7.40. The number of benzene rings is 1. The standard InChI is InChI=1S/C16H17N5O3/c1-24-13-7-5-12(6-8-13)18-15(22)17-9-11-21-16(23)20-10-3-2-4-14(20)19-21/h2-8,10H,9,11H2,1H3,(H2,17,18,22). The summed E-state index contributed by atoms with van der Waals surface area (Å²) < 4.78 is 7.83. The third kappa shape index (κ3) is 3.37. The lowest BCUT2D eigenvalue weighted by Crippen LogP contribution is -2.33. The van der Waals surface area contributed by atoms with E-state index in [4.69, 9.17) is 4.74 Å². The number of pyridine rings is 1. The van der Waals surface area contributed by atoms with Gasteiger partial charge in [0.05, 0.1) is 13.7 Å². The van der Waals surface area contributed by atoms with Gasteiger partial charge in [0, 0.05) is 18.4 Å². The molecule has 8 nitrogen and oxygen atoms in total. The van der Waals surface area contributed by atoms with Crippen LogP contribution in [0.2, 0.25) is 0 Å². The van der Waals surface area contributed by atoms with Gasteiger partial charge in [-0.1, -0.05) is 6.07 Å². The molecule has 2 heterocycles. The Balaban J connectivity index is 1.54. The number of anilines is 1. The SMILES string of the molecule is COc1ccc(NC(=O)NCCn2nc3ccccn3c2=O)cc1. The normalized spacial score (nSPS) is 10.5. The Morgan fingerprint density at radius 3 is 2.71 bits per heavy atom. The van der Waals surface area contributed by atoms with E-state index in [1.165, 1.54) is 9.08 Å². The van der Waals surface area contributed by atoms with Gasteiger partial charge in [-0.3, -0.25) is 4.40 Å². The van der Waals surface area contributed by atoms with E-state index in [9.17, 15) is 9.59 Å². The molecule has 1 aromatic carbocycles. The summed E-state index contributed by atoms with van der Waals surface area (Å²) in [6, 6.07) is 12.0. The van der Waals surface area contributed by atoms with Gasteiger partial charge in [-0.25, -0.2) is 14.3 Å². The van der Waals surface area contributed by atoms with Gasteiger partial charge in [-0.15, -0.1) is 5.10 Å². The molecule has 8 heteroatoms. The van der Waals surface area contributed by atoms with Crippen molar-refractivity contribution in [3.63, 3.8) is 0 Å². The van der Waals surface area contributed by atoms with Crippen LogP contribution in [0.3, 0.4) is 0 Å². The topological polar surface area (TPSA) is 89.7 Å². The maximum absolute atomic E-state index is 12.1. The van der Waals surface area contributed by atoms with E-state index >= 15 is 0 Å². The van der Waals surface area contributed by atoms with Crippen LogP contribution in [0, 0.1) is 0 Å². The van der Waals surface area contributed by atoms with Crippen LogP contribution in [0.1, 0.15) is 0 Å². The zero-order valence-corrected chi connectivity index (χ0v) is 13.1. The Morgan fingerprint density at radius 1 is 1.21 bits per heavy atom. The summed E-state index contributed by atoms with van der Waals surface area (Å²) in [5.74, 6) is 0.715. The maximum Gasteiger partial charge on any atom is 0.350 e. The number of rotatable bonds is 5. The number of nitrogens with one attached hydrogen (secondary N) is 2. The molecule has 2 aromatic heterocycles. The second kappa shape index (κ2) is 6.86. The van der Waals surface area contributed by atoms with Crippen LogP contribution in [0.25, 0.3) is 5.65 Å². The molecule has 0 saturated carbocycles. The molecule has 24 heavy (non-hydrogen) atoms. The number of carbonyl (C=O) groups excluding carboxylic acids is 1. The lowest BCUT2D eigenvalue weighted by atomic mass is 10.3. The summed E-state index contributed by atoms with van der Waals surface area (Å²) in [4.78, 5) is 23.9. The summed E-state index contributed by atoms with van der Waals surface area (Å²) in [5.41, 5.74) is 0.992. The second-order valence-corrected chi connectivity index (χ2v) is 5.04. The minimum atomic E-state index is -0.350. The summed E-state index contributed by atoms with van der Waals surface area (Å²) in [6.45, 7) is 0.572. The molecule has 0 aliphatic heterocycles. The molecule has 0 spiro atoms. The average molecular weight is 327 g/mol. The number of amides is 2. The third-order valence-electron chi connectivity index (χ3n) is 3.45. The lowest BCUT2D eigenvalue weighted by molar-refractivity contribution is 0.251. The van der Waals surface area contributed by atoms with Crippen molar-refractivity contribution in [2.24, 2.45) is 0 Å². The van der Waals surface area contributed by atoms with E-state index in [1.807, 2.05) is 6.07 Å². The molecule has 0 aliphatic carbocycles. The van der Waals surface area contributed by atoms with Gasteiger partial charge in [-0.05, 0) is 36.4 Å². The van der Waals surface area contributed by atoms with Crippen LogP contribution in [0.4, 0.5) is 10.5 Å². The molecular weight excluding hydrogens is 310 g/mol. The highest BCUT2D eigenvalue weighted by Gasteiger charge is 2.06. The number of nitrogens with zero attached hydrogens (tertiary/aromatic N) is 3. The van der Waals surface area contributed by atoms with Crippen LogP contribution in [-0.2, 0) is 6.54 Å². The molecule has 0 atom stereocenters. The Hall–Kier alpha value is -3.29. The number of hydrogen-bond acceptors (Lipinski definition) is 4. The molecule has 0 fully saturated rings. The highest BCUT2D eigenvalue weighted by molar-refractivity contribution is 5.89. The van der Waals surface area contributed by atoms with E-state index < -0.39 is 0 Å². The molecule has 0 aliphatic rings. The molecule has 0 saturated heterocycles. The molecular formula is C16H17N5O3. The molecule has 3 rings (SSSR count). The first-order chi connectivity index (χ1) is 11.7. The molecule has 124 valence electrons.